The summed E-state index contributed by atoms with van der Waals surface area (Å²) in [6, 6.07) is 7.53. The van der Waals surface area contributed by atoms with Crippen molar-refractivity contribution >= 4 is 21.8 Å². The number of aliphatic hydroxyl groups is 1. The van der Waals surface area contributed by atoms with Gasteiger partial charge in [0, 0.05) is 10.4 Å². The van der Waals surface area contributed by atoms with Crippen molar-refractivity contribution < 1.29 is 9.90 Å². The SMILES string of the molecule is CC(C(=O)NCC(C)(O)c1ccc(Br)cc1)C1CCCC1. The number of halogens is 1. The quantitative estimate of drug-likeness (QED) is 0.849. The van der Waals surface area contributed by atoms with E-state index in [9.17, 15) is 9.90 Å². The second kappa shape index (κ2) is 6.93. The molecule has 21 heavy (non-hydrogen) atoms. The smallest absolute Gasteiger partial charge is 0.223 e. The molecule has 1 fully saturated rings. The van der Waals surface area contributed by atoms with E-state index in [2.05, 4.69) is 21.2 Å². The molecule has 2 unspecified atom stereocenters. The molecule has 116 valence electrons. The van der Waals surface area contributed by atoms with E-state index in [0.717, 1.165) is 22.9 Å². The van der Waals surface area contributed by atoms with Gasteiger partial charge in [0.1, 0.15) is 5.60 Å². The maximum Gasteiger partial charge on any atom is 0.223 e. The van der Waals surface area contributed by atoms with Crippen molar-refractivity contribution in [2.24, 2.45) is 11.8 Å². The van der Waals surface area contributed by atoms with Crippen LogP contribution in [-0.4, -0.2) is 17.6 Å². The average molecular weight is 354 g/mol. The fraction of sp³-hybridized carbons (Fsp3) is 0.588. The number of carbonyl (C=O) groups excluding carboxylic acids is 1. The highest BCUT2D eigenvalue weighted by atomic mass is 79.9. The minimum Gasteiger partial charge on any atom is -0.384 e. The number of rotatable bonds is 5. The van der Waals surface area contributed by atoms with Crippen LogP contribution in [-0.2, 0) is 10.4 Å². The Labute approximate surface area is 135 Å². The van der Waals surface area contributed by atoms with Gasteiger partial charge in [0.05, 0.1) is 6.54 Å². The van der Waals surface area contributed by atoms with E-state index < -0.39 is 5.60 Å². The normalized spacial score (nSPS) is 20.0. The third kappa shape index (κ3) is 4.30. The van der Waals surface area contributed by atoms with E-state index in [1.54, 1.807) is 6.92 Å². The third-order valence-electron chi connectivity index (χ3n) is 4.59. The van der Waals surface area contributed by atoms with Crippen LogP contribution in [0.4, 0.5) is 0 Å². The minimum absolute atomic E-state index is 0.0354. The Morgan fingerprint density at radius 3 is 2.52 bits per heavy atom. The lowest BCUT2D eigenvalue weighted by Crippen LogP contribution is -2.41. The zero-order chi connectivity index (χ0) is 15.5. The Morgan fingerprint density at radius 2 is 1.95 bits per heavy atom. The van der Waals surface area contributed by atoms with E-state index in [0.29, 0.717) is 5.92 Å². The fourth-order valence-electron chi connectivity index (χ4n) is 3.00. The fourth-order valence-corrected chi connectivity index (χ4v) is 3.27. The van der Waals surface area contributed by atoms with Crippen molar-refractivity contribution in [3.63, 3.8) is 0 Å². The summed E-state index contributed by atoms with van der Waals surface area (Å²) in [5, 5.41) is 13.5. The summed E-state index contributed by atoms with van der Waals surface area (Å²) in [6.45, 7) is 3.97. The predicted octanol–water partition coefficient (Wildman–Crippen LogP) is 3.60. The lowest BCUT2D eigenvalue weighted by molar-refractivity contribution is -0.127. The molecular weight excluding hydrogens is 330 g/mol. The molecule has 0 radical (unpaired) electrons. The van der Waals surface area contributed by atoms with Crippen molar-refractivity contribution in [1.82, 2.24) is 5.32 Å². The highest BCUT2D eigenvalue weighted by molar-refractivity contribution is 9.10. The van der Waals surface area contributed by atoms with E-state index in [1.165, 1.54) is 12.8 Å². The Hall–Kier alpha value is -0.870. The minimum atomic E-state index is -1.05. The number of benzene rings is 1. The largest absolute Gasteiger partial charge is 0.384 e. The molecule has 1 aromatic rings. The van der Waals surface area contributed by atoms with Crippen LogP contribution in [0.5, 0.6) is 0 Å². The van der Waals surface area contributed by atoms with E-state index >= 15 is 0 Å². The zero-order valence-corrected chi connectivity index (χ0v) is 14.3. The van der Waals surface area contributed by atoms with Crippen LogP contribution in [0.2, 0.25) is 0 Å². The number of hydrogen-bond acceptors (Lipinski definition) is 2. The van der Waals surface area contributed by atoms with Crippen LogP contribution in [0.15, 0.2) is 28.7 Å². The molecule has 0 aromatic heterocycles. The number of carbonyl (C=O) groups is 1. The first-order valence-corrected chi connectivity index (χ1v) is 8.45. The summed E-state index contributed by atoms with van der Waals surface area (Å²) in [4.78, 5) is 12.2. The Balaban J connectivity index is 1.91. The zero-order valence-electron chi connectivity index (χ0n) is 12.7. The van der Waals surface area contributed by atoms with Gasteiger partial charge in [0.15, 0.2) is 0 Å². The second-order valence-corrected chi connectivity index (χ2v) is 7.25. The second-order valence-electron chi connectivity index (χ2n) is 6.33. The van der Waals surface area contributed by atoms with Gasteiger partial charge in [-0.05, 0) is 43.4 Å². The molecule has 0 bridgehead atoms. The summed E-state index contributed by atoms with van der Waals surface area (Å²) in [5.41, 5.74) is -0.245. The molecule has 1 aromatic carbocycles. The predicted molar refractivity (Wildman–Crippen MR) is 87.8 cm³/mol. The number of hydrogen-bond donors (Lipinski definition) is 2. The van der Waals surface area contributed by atoms with E-state index in [-0.39, 0.29) is 18.4 Å². The molecule has 3 nitrogen and oxygen atoms in total. The topological polar surface area (TPSA) is 49.3 Å². The van der Waals surface area contributed by atoms with Crippen LogP contribution >= 0.6 is 15.9 Å². The Morgan fingerprint density at radius 1 is 1.38 bits per heavy atom. The molecule has 1 amide bonds. The van der Waals surface area contributed by atoms with Gasteiger partial charge < -0.3 is 10.4 Å². The van der Waals surface area contributed by atoms with Gasteiger partial charge >= 0.3 is 0 Å². The lowest BCUT2D eigenvalue weighted by atomic mass is 9.91. The van der Waals surface area contributed by atoms with Gasteiger partial charge in [0.25, 0.3) is 0 Å². The standard InChI is InChI=1S/C17H24BrNO2/c1-12(13-5-3-4-6-13)16(20)19-11-17(2,21)14-7-9-15(18)10-8-14/h7-10,12-13,21H,3-6,11H2,1-2H3,(H,19,20). The van der Waals surface area contributed by atoms with Crippen LogP contribution in [0.1, 0.15) is 45.1 Å². The Bertz CT molecular complexity index is 478. The molecule has 0 saturated heterocycles. The van der Waals surface area contributed by atoms with Gasteiger partial charge in [0.2, 0.25) is 5.91 Å². The van der Waals surface area contributed by atoms with Gasteiger partial charge in [-0.15, -0.1) is 0 Å². The van der Waals surface area contributed by atoms with Gasteiger partial charge in [-0.1, -0.05) is 47.8 Å². The van der Waals surface area contributed by atoms with Crippen LogP contribution in [0, 0.1) is 11.8 Å². The molecule has 0 spiro atoms. The maximum absolute atomic E-state index is 12.2. The van der Waals surface area contributed by atoms with Crippen LogP contribution < -0.4 is 5.32 Å². The summed E-state index contributed by atoms with van der Waals surface area (Å²) in [7, 11) is 0. The van der Waals surface area contributed by atoms with Crippen LogP contribution in [0.25, 0.3) is 0 Å². The van der Waals surface area contributed by atoms with Crippen molar-refractivity contribution in [1.29, 1.82) is 0 Å². The molecule has 4 heteroatoms. The third-order valence-corrected chi connectivity index (χ3v) is 5.12. The molecule has 0 heterocycles. The highest BCUT2D eigenvalue weighted by Crippen LogP contribution is 2.31. The number of amides is 1. The maximum atomic E-state index is 12.2. The lowest BCUT2D eigenvalue weighted by Gasteiger charge is -2.26. The van der Waals surface area contributed by atoms with Gasteiger partial charge in [-0.2, -0.15) is 0 Å². The van der Waals surface area contributed by atoms with Crippen molar-refractivity contribution in [2.75, 3.05) is 6.54 Å². The average Bonchev–Trinajstić information content (AvgIpc) is 2.98. The molecule has 2 atom stereocenters. The molecule has 2 rings (SSSR count). The van der Waals surface area contributed by atoms with Crippen molar-refractivity contribution in [3.05, 3.63) is 34.3 Å². The summed E-state index contributed by atoms with van der Waals surface area (Å²) in [6.07, 6.45) is 4.77. The number of nitrogens with one attached hydrogen (secondary N) is 1. The highest BCUT2D eigenvalue weighted by Gasteiger charge is 2.29. The Kier molecular flexibility index (Phi) is 5.44. The first kappa shape index (κ1) is 16.5. The molecule has 1 aliphatic rings. The van der Waals surface area contributed by atoms with E-state index in [1.807, 2.05) is 31.2 Å². The van der Waals surface area contributed by atoms with Gasteiger partial charge in [-0.25, -0.2) is 0 Å². The van der Waals surface area contributed by atoms with Crippen LogP contribution in [0.3, 0.4) is 0 Å². The molecular formula is C17H24BrNO2. The summed E-state index contributed by atoms with van der Waals surface area (Å²) < 4.78 is 0.973. The summed E-state index contributed by atoms with van der Waals surface area (Å²) in [5.74, 6) is 0.593. The van der Waals surface area contributed by atoms with E-state index in [4.69, 9.17) is 0 Å². The summed E-state index contributed by atoms with van der Waals surface area (Å²) >= 11 is 3.38. The monoisotopic (exact) mass is 353 g/mol. The first-order valence-electron chi connectivity index (χ1n) is 7.66. The van der Waals surface area contributed by atoms with Gasteiger partial charge in [-0.3, -0.25) is 4.79 Å². The first-order chi connectivity index (χ1) is 9.90. The van der Waals surface area contributed by atoms with Crippen molar-refractivity contribution in [2.45, 2.75) is 45.1 Å². The van der Waals surface area contributed by atoms with Crippen molar-refractivity contribution in [3.8, 4) is 0 Å². The molecule has 1 aliphatic carbocycles. The molecule has 2 N–H and O–H groups in total. The molecule has 1 saturated carbocycles. The molecule has 0 aliphatic heterocycles.